The number of aldehydes is 1. The zero-order valence-corrected chi connectivity index (χ0v) is 8.10. The van der Waals surface area contributed by atoms with Gasteiger partial charge in [-0.25, -0.2) is 0 Å². The molecule has 2 N–H and O–H groups in total. The van der Waals surface area contributed by atoms with Crippen molar-refractivity contribution < 1.29 is 14.0 Å². The zero-order chi connectivity index (χ0) is 11.7. The lowest BCUT2D eigenvalue weighted by molar-refractivity contribution is 0.0999. The van der Waals surface area contributed by atoms with Gasteiger partial charge in [-0.05, 0) is 12.1 Å². The maximum atomic E-state index is 11.6. The number of primary amides is 1. The highest BCUT2D eigenvalue weighted by molar-refractivity contribution is 6.04. The maximum Gasteiger partial charge on any atom is 0.252 e. The molecule has 0 aliphatic rings. The molecule has 0 unspecified atom stereocenters. The fourth-order valence-corrected chi connectivity index (χ4v) is 1.45. The molecule has 1 amide bonds. The van der Waals surface area contributed by atoms with Crippen LogP contribution in [0.15, 0.2) is 33.5 Å². The van der Waals surface area contributed by atoms with Crippen molar-refractivity contribution in [3.05, 3.63) is 45.8 Å². The van der Waals surface area contributed by atoms with Crippen LogP contribution in [-0.2, 0) is 0 Å². The second kappa shape index (κ2) is 3.62. The number of carbonyl (C=O) groups excluding carboxylic acids is 2. The molecule has 0 atom stereocenters. The van der Waals surface area contributed by atoms with E-state index in [1.807, 2.05) is 0 Å². The number of rotatable bonds is 2. The van der Waals surface area contributed by atoms with Crippen LogP contribution in [0.2, 0.25) is 0 Å². The number of para-hydroxylation sites is 1. The highest BCUT2D eigenvalue weighted by Crippen LogP contribution is 2.16. The number of carbonyl (C=O) groups is 2. The van der Waals surface area contributed by atoms with E-state index in [9.17, 15) is 14.4 Å². The molecule has 2 aromatic rings. The van der Waals surface area contributed by atoms with Gasteiger partial charge in [0.1, 0.15) is 0 Å². The summed E-state index contributed by atoms with van der Waals surface area (Å²) in [4.78, 5) is 33.2. The fourth-order valence-electron chi connectivity index (χ4n) is 1.45. The van der Waals surface area contributed by atoms with Crippen LogP contribution >= 0.6 is 0 Å². The van der Waals surface area contributed by atoms with E-state index in [-0.39, 0.29) is 27.7 Å². The lowest BCUT2D eigenvalue weighted by Gasteiger charge is -2.01. The molecule has 80 valence electrons. The Morgan fingerprint density at radius 2 is 2.12 bits per heavy atom. The van der Waals surface area contributed by atoms with Crippen LogP contribution in [-0.4, -0.2) is 12.2 Å². The van der Waals surface area contributed by atoms with Gasteiger partial charge in [0.25, 0.3) is 5.91 Å². The zero-order valence-electron chi connectivity index (χ0n) is 8.10. The number of fused-ring (bicyclic) bond motifs is 1. The standard InChI is InChI=1S/C11H7NO4/c12-11(15)8-3-1-2-7-9(14)4-6(5-13)16-10(7)8/h1-5H,(H2,12,15). The molecular formula is C11H7NO4. The number of nitrogens with two attached hydrogens (primary N) is 1. The molecule has 5 nitrogen and oxygen atoms in total. The summed E-state index contributed by atoms with van der Waals surface area (Å²) >= 11 is 0. The van der Waals surface area contributed by atoms with Gasteiger partial charge in [-0.1, -0.05) is 6.07 Å². The lowest BCUT2D eigenvalue weighted by atomic mass is 10.1. The van der Waals surface area contributed by atoms with Crippen molar-refractivity contribution >= 4 is 23.2 Å². The topological polar surface area (TPSA) is 90.4 Å². The first kappa shape index (κ1) is 10.1. The molecule has 5 heteroatoms. The van der Waals surface area contributed by atoms with Gasteiger partial charge in [-0.3, -0.25) is 14.4 Å². The van der Waals surface area contributed by atoms with E-state index >= 15 is 0 Å². The Balaban J connectivity index is 2.96. The first-order valence-electron chi connectivity index (χ1n) is 4.45. The number of hydrogen-bond acceptors (Lipinski definition) is 4. The van der Waals surface area contributed by atoms with Crippen LogP contribution in [0.4, 0.5) is 0 Å². The monoisotopic (exact) mass is 217 g/mol. The first-order valence-corrected chi connectivity index (χ1v) is 4.45. The second-order valence-corrected chi connectivity index (χ2v) is 3.18. The molecule has 0 radical (unpaired) electrons. The molecule has 0 saturated heterocycles. The first-order chi connectivity index (χ1) is 7.63. The lowest BCUT2D eigenvalue weighted by Crippen LogP contribution is -2.13. The van der Waals surface area contributed by atoms with E-state index in [0.717, 1.165) is 6.07 Å². The minimum absolute atomic E-state index is 0.0459. The van der Waals surface area contributed by atoms with Crippen LogP contribution in [0.1, 0.15) is 20.9 Å². The average Bonchev–Trinajstić information content (AvgIpc) is 2.28. The van der Waals surface area contributed by atoms with Crippen molar-refractivity contribution in [3.8, 4) is 0 Å². The van der Waals surface area contributed by atoms with E-state index in [0.29, 0.717) is 6.29 Å². The molecule has 0 bridgehead atoms. The minimum atomic E-state index is -0.711. The third kappa shape index (κ3) is 1.48. The Kier molecular flexibility index (Phi) is 2.28. The van der Waals surface area contributed by atoms with Crippen LogP contribution in [0.25, 0.3) is 11.0 Å². The molecular weight excluding hydrogens is 210 g/mol. The Hall–Kier alpha value is -2.43. The normalized spacial score (nSPS) is 10.2. The highest BCUT2D eigenvalue weighted by atomic mass is 16.3. The number of benzene rings is 1. The van der Waals surface area contributed by atoms with Gasteiger partial charge >= 0.3 is 0 Å². The third-order valence-corrected chi connectivity index (χ3v) is 2.16. The molecule has 0 saturated carbocycles. The van der Waals surface area contributed by atoms with Crippen molar-refractivity contribution in [2.24, 2.45) is 5.73 Å². The summed E-state index contributed by atoms with van der Waals surface area (Å²) in [7, 11) is 0. The average molecular weight is 217 g/mol. The molecule has 16 heavy (non-hydrogen) atoms. The predicted octanol–water partition coefficient (Wildman–Crippen LogP) is 0.704. The summed E-state index contributed by atoms with van der Waals surface area (Å²) in [6, 6.07) is 5.53. The molecule has 0 fully saturated rings. The van der Waals surface area contributed by atoms with Crippen molar-refractivity contribution in [1.82, 2.24) is 0 Å². The van der Waals surface area contributed by atoms with Gasteiger partial charge < -0.3 is 10.2 Å². The van der Waals surface area contributed by atoms with Crippen molar-refractivity contribution in [2.45, 2.75) is 0 Å². The molecule has 2 rings (SSSR count). The molecule has 0 spiro atoms. The molecule has 1 aromatic carbocycles. The fraction of sp³-hybridized carbons (Fsp3) is 0. The third-order valence-electron chi connectivity index (χ3n) is 2.16. The van der Waals surface area contributed by atoms with Crippen LogP contribution < -0.4 is 11.2 Å². The largest absolute Gasteiger partial charge is 0.452 e. The van der Waals surface area contributed by atoms with Gasteiger partial charge in [-0.2, -0.15) is 0 Å². The minimum Gasteiger partial charge on any atom is -0.452 e. The van der Waals surface area contributed by atoms with Crippen LogP contribution in [0.5, 0.6) is 0 Å². The van der Waals surface area contributed by atoms with Crippen molar-refractivity contribution in [1.29, 1.82) is 0 Å². The van der Waals surface area contributed by atoms with Gasteiger partial charge in [0, 0.05) is 6.07 Å². The van der Waals surface area contributed by atoms with E-state index in [1.54, 1.807) is 0 Å². The molecule has 0 aliphatic carbocycles. The quantitative estimate of drug-likeness (QED) is 0.750. The Bertz CT molecular complexity index is 642. The van der Waals surface area contributed by atoms with E-state index in [4.69, 9.17) is 10.2 Å². The molecule has 1 heterocycles. The molecule has 0 aliphatic heterocycles. The Morgan fingerprint density at radius 1 is 1.38 bits per heavy atom. The van der Waals surface area contributed by atoms with Crippen LogP contribution in [0, 0.1) is 0 Å². The number of amides is 1. The Morgan fingerprint density at radius 3 is 2.75 bits per heavy atom. The summed E-state index contributed by atoms with van der Waals surface area (Å²) in [6.45, 7) is 0. The van der Waals surface area contributed by atoms with E-state index in [1.165, 1.54) is 18.2 Å². The van der Waals surface area contributed by atoms with Gasteiger partial charge in [0.15, 0.2) is 23.1 Å². The number of hydrogen-bond donors (Lipinski definition) is 1. The van der Waals surface area contributed by atoms with E-state index in [2.05, 4.69) is 0 Å². The van der Waals surface area contributed by atoms with Gasteiger partial charge in [-0.15, -0.1) is 0 Å². The smallest absolute Gasteiger partial charge is 0.252 e. The second-order valence-electron chi connectivity index (χ2n) is 3.18. The van der Waals surface area contributed by atoms with Gasteiger partial charge in [0.05, 0.1) is 10.9 Å². The summed E-state index contributed by atoms with van der Waals surface area (Å²) in [6.07, 6.45) is 0.401. The van der Waals surface area contributed by atoms with Gasteiger partial charge in [0.2, 0.25) is 0 Å². The summed E-state index contributed by atoms with van der Waals surface area (Å²) in [5.74, 6) is -0.844. The van der Waals surface area contributed by atoms with Crippen molar-refractivity contribution in [3.63, 3.8) is 0 Å². The molecule has 1 aromatic heterocycles. The highest BCUT2D eigenvalue weighted by Gasteiger charge is 2.11. The summed E-state index contributed by atoms with van der Waals surface area (Å²) in [5.41, 5.74) is 4.88. The summed E-state index contributed by atoms with van der Waals surface area (Å²) in [5, 5.41) is 0.224. The SMILES string of the molecule is NC(=O)c1cccc2c(=O)cc(C=O)oc12. The Labute approximate surface area is 89.5 Å². The predicted molar refractivity (Wildman–Crippen MR) is 56.4 cm³/mol. The maximum absolute atomic E-state index is 11.6. The van der Waals surface area contributed by atoms with Crippen molar-refractivity contribution in [2.75, 3.05) is 0 Å². The van der Waals surface area contributed by atoms with E-state index < -0.39 is 5.91 Å². The summed E-state index contributed by atoms with van der Waals surface area (Å²) < 4.78 is 5.12. The van der Waals surface area contributed by atoms with Crippen LogP contribution in [0.3, 0.4) is 0 Å².